The number of carboxylic acids is 1. The summed E-state index contributed by atoms with van der Waals surface area (Å²) in [7, 11) is 0. The molecular weight excluding hydrogens is 221 g/mol. The number of hydrogen-bond acceptors (Lipinski definition) is 4. The molecule has 2 N–H and O–H groups in total. The van der Waals surface area contributed by atoms with E-state index in [1.54, 1.807) is 0 Å². The van der Waals surface area contributed by atoms with Crippen molar-refractivity contribution in [3.05, 3.63) is 39.7 Å². The topological polar surface area (TPSA) is 101 Å². The van der Waals surface area contributed by atoms with E-state index < -0.39 is 40.5 Å². The minimum atomic E-state index is -1.60. The van der Waals surface area contributed by atoms with Crippen molar-refractivity contribution in [1.29, 1.82) is 0 Å². The zero-order valence-corrected chi connectivity index (χ0v) is 7.96. The zero-order chi connectivity index (χ0) is 12.3. The fourth-order valence-corrected chi connectivity index (χ4v) is 1.18. The second kappa shape index (κ2) is 4.67. The lowest BCUT2D eigenvalue weighted by Gasteiger charge is -2.08. The third-order valence-electron chi connectivity index (χ3n) is 1.92. The molecule has 0 aliphatic heterocycles. The van der Waals surface area contributed by atoms with Crippen molar-refractivity contribution in [3.8, 4) is 0 Å². The second-order valence-electron chi connectivity index (χ2n) is 3.08. The second-order valence-corrected chi connectivity index (χ2v) is 3.08. The summed E-state index contributed by atoms with van der Waals surface area (Å²) in [5.41, 5.74) is -0.794. The number of hydrogen-bond donors (Lipinski definition) is 2. The van der Waals surface area contributed by atoms with Crippen LogP contribution >= 0.6 is 0 Å². The van der Waals surface area contributed by atoms with Gasteiger partial charge in [0, 0.05) is 17.7 Å². The van der Waals surface area contributed by atoms with Crippen LogP contribution in [0.4, 0.5) is 10.1 Å². The summed E-state index contributed by atoms with van der Waals surface area (Å²) in [5, 5.41) is 28.1. The van der Waals surface area contributed by atoms with Gasteiger partial charge in [0.1, 0.15) is 5.82 Å². The first-order valence-corrected chi connectivity index (χ1v) is 4.25. The number of non-ortho nitro benzene ring substituents is 1. The molecule has 1 aromatic rings. The van der Waals surface area contributed by atoms with Gasteiger partial charge in [0.2, 0.25) is 0 Å². The van der Waals surface area contributed by atoms with E-state index in [1.807, 2.05) is 0 Å². The summed E-state index contributed by atoms with van der Waals surface area (Å²) in [6, 6.07) is 2.58. The van der Waals surface area contributed by atoms with Crippen molar-refractivity contribution in [3.63, 3.8) is 0 Å². The molecule has 0 bridgehead atoms. The van der Waals surface area contributed by atoms with Crippen LogP contribution in [0.15, 0.2) is 18.2 Å². The molecule has 0 saturated heterocycles. The molecule has 6 nitrogen and oxygen atoms in total. The Morgan fingerprint density at radius 2 is 2.19 bits per heavy atom. The highest BCUT2D eigenvalue weighted by atomic mass is 19.1. The molecule has 0 unspecified atom stereocenters. The minimum absolute atomic E-state index is 0.392. The van der Waals surface area contributed by atoms with Crippen LogP contribution in [0, 0.1) is 15.9 Å². The van der Waals surface area contributed by atoms with E-state index in [0.29, 0.717) is 0 Å². The monoisotopic (exact) mass is 229 g/mol. The molecular formula is C9H8FNO5. The summed E-state index contributed by atoms with van der Waals surface area (Å²) in [4.78, 5) is 19.9. The molecule has 1 rings (SSSR count). The molecule has 1 atom stereocenters. The number of carboxylic acid groups (broad SMARTS) is 1. The van der Waals surface area contributed by atoms with Gasteiger partial charge in [-0.2, -0.15) is 0 Å². The molecule has 0 amide bonds. The van der Waals surface area contributed by atoms with Gasteiger partial charge in [-0.05, 0) is 6.07 Å². The predicted octanol–water partition coefficient (Wildman–Crippen LogP) is 1.24. The standard InChI is InChI=1S/C9H8FNO5/c10-7-2-1-5(11(15)16)3-6(7)8(12)4-9(13)14/h1-3,8,12H,4H2,(H,13,14)/t8-/m1/s1. The molecule has 1 aromatic carbocycles. The van der Waals surface area contributed by atoms with Crippen molar-refractivity contribution >= 4 is 11.7 Å². The Bertz CT molecular complexity index is 434. The van der Waals surface area contributed by atoms with Gasteiger partial charge in [-0.25, -0.2) is 4.39 Å². The minimum Gasteiger partial charge on any atom is -0.481 e. The maximum Gasteiger partial charge on any atom is 0.306 e. The first kappa shape index (κ1) is 12.1. The van der Waals surface area contributed by atoms with Crippen LogP contribution in [0.5, 0.6) is 0 Å². The summed E-state index contributed by atoms with van der Waals surface area (Å²) in [6.45, 7) is 0. The van der Waals surface area contributed by atoms with Crippen molar-refractivity contribution in [2.45, 2.75) is 12.5 Å². The van der Waals surface area contributed by atoms with Gasteiger partial charge >= 0.3 is 5.97 Å². The van der Waals surface area contributed by atoms with Crippen LogP contribution in [0.1, 0.15) is 18.1 Å². The quantitative estimate of drug-likeness (QED) is 0.597. The van der Waals surface area contributed by atoms with Gasteiger partial charge in [0.05, 0.1) is 17.4 Å². The number of nitro benzene ring substituents is 1. The number of aliphatic carboxylic acids is 1. The smallest absolute Gasteiger partial charge is 0.306 e. The molecule has 0 heterocycles. The third kappa shape index (κ3) is 2.74. The number of halogens is 1. The van der Waals surface area contributed by atoms with Crippen LogP contribution in [-0.2, 0) is 4.79 Å². The van der Waals surface area contributed by atoms with Gasteiger partial charge in [-0.1, -0.05) is 0 Å². The van der Waals surface area contributed by atoms with Gasteiger partial charge in [0.15, 0.2) is 0 Å². The summed E-state index contributed by atoms with van der Waals surface area (Å²) in [6.07, 6.45) is -2.31. The lowest BCUT2D eigenvalue weighted by Crippen LogP contribution is -2.07. The summed E-state index contributed by atoms with van der Waals surface area (Å²) in [5.74, 6) is -2.20. The highest BCUT2D eigenvalue weighted by molar-refractivity contribution is 5.67. The molecule has 0 fully saturated rings. The Hall–Kier alpha value is -2.02. The van der Waals surface area contributed by atoms with E-state index in [4.69, 9.17) is 5.11 Å². The molecule has 86 valence electrons. The van der Waals surface area contributed by atoms with Crippen molar-refractivity contribution < 1.29 is 24.3 Å². The number of nitrogens with zero attached hydrogens (tertiary/aromatic N) is 1. The Labute approximate surface area is 89.1 Å². The van der Waals surface area contributed by atoms with Crippen LogP contribution in [0.3, 0.4) is 0 Å². The molecule has 0 aliphatic rings. The molecule has 0 radical (unpaired) electrons. The van der Waals surface area contributed by atoms with Crippen LogP contribution < -0.4 is 0 Å². The number of aliphatic hydroxyl groups is 1. The SMILES string of the molecule is O=C(O)C[C@@H](O)c1cc([N+](=O)[O-])ccc1F. The molecule has 0 saturated carbocycles. The fourth-order valence-electron chi connectivity index (χ4n) is 1.18. The molecule has 7 heteroatoms. The highest BCUT2D eigenvalue weighted by Crippen LogP contribution is 2.24. The van der Waals surface area contributed by atoms with Crippen LogP contribution in [-0.4, -0.2) is 21.1 Å². The Balaban J connectivity index is 3.06. The van der Waals surface area contributed by atoms with E-state index in [-0.39, 0.29) is 0 Å². The molecule has 0 aliphatic carbocycles. The van der Waals surface area contributed by atoms with Crippen molar-refractivity contribution in [2.24, 2.45) is 0 Å². The first-order valence-electron chi connectivity index (χ1n) is 4.25. The normalized spacial score (nSPS) is 12.1. The number of benzene rings is 1. The largest absolute Gasteiger partial charge is 0.481 e. The maximum atomic E-state index is 13.2. The lowest BCUT2D eigenvalue weighted by atomic mass is 10.1. The fraction of sp³-hybridized carbons (Fsp3) is 0.222. The maximum absolute atomic E-state index is 13.2. The molecule has 0 aromatic heterocycles. The Kier molecular flexibility index (Phi) is 3.51. The number of carbonyl (C=O) groups is 1. The lowest BCUT2D eigenvalue weighted by molar-refractivity contribution is -0.385. The van der Waals surface area contributed by atoms with Gasteiger partial charge in [-0.15, -0.1) is 0 Å². The van der Waals surface area contributed by atoms with E-state index in [2.05, 4.69) is 0 Å². The molecule has 16 heavy (non-hydrogen) atoms. The number of nitro groups is 1. The summed E-state index contributed by atoms with van der Waals surface area (Å²) >= 11 is 0. The van der Waals surface area contributed by atoms with Gasteiger partial charge in [-0.3, -0.25) is 14.9 Å². The Morgan fingerprint density at radius 3 is 2.69 bits per heavy atom. The van der Waals surface area contributed by atoms with Crippen molar-refractivity contribution in [1.82, 2.24) is 0 Å². The third-order valence-corrected chi connectivity index (χ3v) is 1.92. The summed E-state index contributed by atoms with van der Waals surface area (Å²) < 4.78 is 13.2. The van der Waals surface area contributed by atoms with Gasteiger partial charge in [0.25, 0.3) is 5.69 Å². The highest BCUT2D eigenvalue weighted by Gasteiger charge is 2.19. The zero-order valence-electron chi connectivity index (χ0n) is 7.96. The Morgan fingerprint density at radius 1 is 1.56 bits per heavy atom. The first-order chi connectivity index (χ1) is 7.41. The van der Waals surface area contributed by atoms with Crippen molar-refractivity contribution in [2.75, 3.05) is 0 Å². The van der Waals surface area contributed by atoms with Crippen LogP contribution in [0.25, 0.3) is 0 Å². The number of aliphatic hydroxyl groups excluding tert-OH is 1. The van der Waals surface area contributed by atoms with E-state index >= 15 is 0 Å². The van der Waals surface area contributed by atoms with E-state index in [0.717, 1.165) is 18.2 Å². The van der Waals surface area contributed by atoms with E-state index in [9.17, 15) is 24.4 Å². The average Bonchev–Trinajstić information content (AvgIpc) is 2.16. The van der Waals surface area contributed by atoms with E-state index in [1.165, 1.54) is 0 Å². The molecule has 0 spiro atoms. The van der Waals surface area contributed by atoms with Crippen LogP contribution in [0.2, 0.25) is 0 Å². The average molecular weight is 229 g/mol. The van der Waals surface area contributed by atoms with Gasteiger partial charge < -0.3 is 10.2 Å². The number of rotatable bonds is 4. The predicted molar refractivity (Wildman–Crippen MR) is 50.3 cm³/mol.